The van der Waals surface area contributed by atoms with E-state index in [1.54, 1.807) is 4.31 Å². The fourth-order valence-electron chi connectivity index (χ4n) is 4.06. The highest BCUT2D eigenvalue weighted by Gasteiger charge is 2.37. The first-order valence-corrected chi connectivity index (χ1v) is 9.40. The Hall–Kier alpha value is -0.130. The minimum absolute atomic E-state index is 0.430. The van der Waals surface area contributed by atoms with Crippen molar-refractivity contribution in [2.24, 2.45) is 11.3 Å². The average molecular weight is 288 g/mol. The van der Waals surface area contributed by atoms with Gasteiger partial charge in [-0.05, 0) is 50.5 Å². The SMILES string of the molecule is CNCC1(CC2CCCN(S(C)(=O)=O)C2)CCCC1. The fourth-order valence-corrected chi connectivity index (χ4v) is 5.00. The lowest BCUT2D eigenvalue weighted by molar-refractivity contribution is 0.164. The van der Waals surface area contributed by atoms with Gasteiger partial charge >= 0.3 is 0 Å². The fraction of sp³-hybridized carbons (Fsp3) is 1.00. The van der Waals surface area contributed by atoms with Crippen LogP contribution in [0.15, 0.2) is 0 Å². The quantitative estimate of drug-likeness (QED) is 0.839. The number of nitrogens with zero attached hydrogens (tertiary/aromatic N) is 1. The van der Waals surface area contributed by atoms with Crippen LogP contribution in [0.5, 0.6) is 0 Å². The predicted molar refractivity (Wildman–Crippen MR) is 78.6 cm³/mol. The maximum Gasteiger partial charge on any atom is 0.211 e. The van der Waals surface area contributed by atoms with Crippen molar-refractivity contribution in [3.05, 3.63) is 0 Å². The van der Waals surface area contributed by atoms with E-state index in [0.29, 0.717) is 17.9 Å². The van der Waals surface area contributed by atoms with Gasteiger partial charge in [0.15, 0.2) is 0 Å². The summed E-state index contributed by atoms with van der Waals surface area (Å²) in [6, 6.07) is 0. The number of piperidine rings is 1. The van der Waals surface area contributed by atoms with Gasteiger partial charge in [0, 0.05) is 19.6 Å². The first-order valence-electron chi connectivity index (χ1n) is 7.55. The number of hydrogen-bond acceptors (Lipinski definition) is 3. The summed E-state index contributed by atoms with van der Waals surface area (Å²) in [5.74, 6) is 0.551. The minimum atomic E-state index is -3.01. The van der Waals surface area contributed by atoms with Crippen molar-refractivity contribution in [2.75, 3.05) is 32.9 Å². The Balaban J connectivity index is 1.97. The zero-order valence-corrected chi connectivity index (χ0v) is 13.1. The molecule has 5 heteroatoms. The van der Waals surface area contributed by atoms with Crippen LogP contribution in [0, 0.1) is 11.3 Å². The average Bonchev–Trinajstić information content (AvgIpc) is 2.77. The molecule has 1 atom stereocenters. The molecule has 1 unspecified atom stereocenters. The van der Waals surface area contributed by atoms with Gasteiger partial charge in [0.25, 0.3) is 0 Å². The van der Waals surface area contributed by atoms with Crippen molar-refractivity contribution < 1.29 is 8.42 Å². The smallest absolute Gasteiger partial charge is 0.211 e. The van der Waals surface area contributed by atoms with Crippen LogP contribution in [0.3, 0.4) is 0 Å². The molecule has 0 bridgehead atoms. The molecule has 112 valence electrons. The standard InChI is InChI=1S/C14H28N2O2S/c1-15-12-14(7-3-4-8-14)10-13-6-5-9-16(11-13)19(2,17)18/h13,15H,3-12H2,1-2H3. The summed E-state index contributed by atoms with van der Waals surface area (Å²) in [7, 11) is -0.975. The van der Waals surface area contributed by atoms with Crippen LogP contribution >= 0.6 is 0 Å². The van der Waals surface area contributed by atoms with Gasteiger partial charge in [-0.1, -0.05) is 12.8 Å². The first kappa shape index (κ1) is 15.3. The number of sulfonamides is 1. The van der Waals surface area contributed by atoms with Gasteiger partial charge in [-0.2, -0.15) is 0 Å². The highest BCUT2D eigenvalue weighted by Crippen LogP contribution is 2.44. The van der Waals surface area contributed by atoms with Crippen LogP contribution < -0.4 is 5.32 Å². The molecule has 0 spiro atoms. The maximum absolute atomic E-state index is 11.7. The topological polar surface area (TPSA) is 49.4 Å². The van der Waals surface area contributed by atoms with Crippen LogP contribution in [-0.4, -0.2) is 45.7 Å². The molecule has 2 aliphatic rings. The second-order valence-corrected chi connectivity index (χ2v) is 8.55. The van der Waals surface area contributed by atoms with Gasteiger partial charge < -0.3 is 5.32 Å². The lowest BCUT2D eigenvalue weighted by Gasteiger charge is -2.37. The molecule has 1 N–H and O–H groups in total. The summed E-state index contributed by atoms with van der Waals surface area (Å²) < 4.78 is 25.1. The third-order valence-corrected chi connectivity index (χ3v) is 6.16. The van der Waals surface area contributed by atoms with Crippen LogP contribution in [-0.2, 0) is 10.0 Å². The molecule has 2 fully saturated rings. The Labute approximate surface area is 118 Å². The molecule has 0 aromatic carbocycles. The maximum atomic E-state index is 11.7. The van der Waals surface area contributed by atoms with E-state index in [-0.39, 0.29) is 0 Å². The van der Waals surface area contributed by atoms with Crippen molar-refractivity contribution in [3.63, 3.8) is 0 Å². The van der Waals surface area contributed by atoms with Crippen molar-refractivity contribution in [1.82, 2.24) is 9.62 Å². The van der Waals surface area contributed by atoms with E-state index in [2.05, 4.69) is 5.32 Å². The summed E-state index contributed by atoms with van der Waals surface area (Å²) in [5.41, 5.74) is 0.430. The largest absolute Gasteiger partial charge is 0.319 e. The number of rotatable bonds is 5. The molecule has 1 saturated carbocycles. The van der Waals surface area contributed by atoms with Gasteiger partial charge in [-0.3, -0.25) is 0 Å². The van der Waals surface area contributed by atoms with E-state index in [1.165, 1.54) is 44.8 Å². The Bertz CT molecular complexity index is 388. The van der Waals surface area contributed by atoms with Crippen molar-refractivity contribution in [3.8, 4) is 0 Å². The lowest BCUT2D eigenvalue weighted by Crippen LogP contribution is -2.42. The number of hydrogen-bond donors (Lipinski definition) is 1. The second-order valence-electron chi connectivity index (χ2n) is 6.57. The van der Waals surface area contributed by atoms with Crippen LogP contribution in [0.4, 0.5) is 0 Å². The van der Waals surface area contributed by atoms with E-state index in [9.17, 15) is 8.42 Å². The molecule has 2 rings (SSSR count). The van der Waals surface area contributed by atoms with E-state index >= 15 is 0 Å². The van der Waals surface area contributed by atoms with E-state index in [1.807, 2.05) is 7.05 Å². The predicted octanol–water partition coefficient (Wildman–Crippen LogP) is 1.83. The molecular formula is C14H28N2O2S. The Morgan fingerprint density at radius 2 is 1.95 bits per heavy atom. The summed E-state index contributed by atoms with van der Waals surface area (Å²) >= 11 is 0. The van der Waals surface area contributed by atoms with Crippen LogP contribution in [0.25, 0.3) is 0 Å². The molecule has 0 radical (unpaired) electrons. The normalized spacial score (nSPS) is 28.6. The zero-order valence-electron chi connectivity index (χ0n) is 12.3. The third kappa shape index (κ3) is 3.92. The molecule has 1 aliphatic heterocycles. The molecular weight excluding hydrogens is 260 g/mol. The number of nitrogens with one attached hydrogen (secondary N) is 1. The Morgan fingerprint density at radius 3 is 2.53 bits per heavy atom. The van der Waals surface area contributed by atoms with Crippen LogP contribution in [0.1, 0.15) is 44.9 Å². The molecule has 0 aromatic heterocycles. The van der Waals surface area contributed by atoms with Gasteiger partial charge in [-0.25, -0.2) is 12.7 Å². The minimum Gasteiger partial charge on any atom is -0.319 e. The lowest BCUT2D eigenvalue weighted by atomic mass is 9.75. The molecule has 19 heavy (non-hydrogen) atoms. The zero-order chi connectivity index (χ0) is 13.9. The van der Waals surface area contributed by atoms with Crippen molar-refractivity contribution in [2.45, 2.75) is 44.9 Å². The summed E-state index contributed by atoms with van der Waals surface area (Å²) in [6.07, 6.45) is 10.0. The van der Waals surface area contributed by atoms with Crippen LogP contribution in [0.2, 0.25) is 0 Å². The van der Waals surface area contributed by atoms with E-state index < -0.39 is 10.0 Å². The monoisotopic (exact) mass is 288 g/mol. The highest BCUT2D eigenvalue weighted by molar-refractivity contribution is 7.88. The second kappa shape index (κ2) is 6.10. The summed E-state index contributed by atoms with van der Waals surface area (Å²) in [4.78, 5) is 0. The van der Waals surface area contributed by atoms with E-state index in [4.69, 9.17) is 0 Å². The molecule has 1 aliphatic carbocycles. The van der Waals surface area contributed by atoms with E-state index in [0.717, 1.165) is 19.5 Å². The molecule has 0 aromatic rings. The summed E-state index contributed by atoms with van der Waals surface area (Å²) in [5, 5.41) is 3.35. The van der Waals surface area contributed by atoms with Crippen molar-refractivity contribution >= 4 is 10.0 Å². The van der Waals surface area contributed by atoms with Crippen molar-refractivity contribution in [1.29, 1.82) is 0 Å². The first-order chi connectivity index (χ1) is 8.95. The van der Waals surface area contributed by atoms with Gasteiger partial charge in [-0.15, -0.1) is 0 Å². The molecule has 4 nitrogen and oxygen atoms in total. The Kier molecular flexibility index (Phi) is 4.90. The highest BCUT2D eigenvalue weighted by atomic mass is 32.2. The Morgan fingerprint density at radius 1 is 1.26 bits per heavy atom. The molecule has 1 saturated heterocycles. The summed E-state index contributed by atoms with van der Waals surface area (Å²) in [6.45, 7) is 2.54. The third-order valence-electron chi connectivity index (χ3n) is 4.89. The molecule has 0 amide bonds. The van der Waals surface area contributed by atoms with Gasteiger partial charge in [0.05, 0.1) is 6.26 Å². The molecule has 1 heterocycles. The van der Waals surface area contributed by atoms with Gasteiger partial charge in [0.1, 0.15) is 0 Å². The van der Waals surface area contributed by atoms with Gasteiger partial charge in [0.2, 0.25) is 10.0 Å².